The zero-order valence-electron chi connectivity index (χ0n) is 11.9. The van der Waals surface area contributed by atoms with Gasteiger partial charge in [0, 0.05) is 19.7 Å². The smallest absolute Gasteiger partial charge is 0.234 e. The van der Waals surface area contributed by atoms with E-state index < -0.39 is 0 Å². The van der Waals surface area contributed by atoms with Crippen LogP contribution in [0.5, 0.6) is 0 Å². The van der Waals surface area contributed by atoms with E-state index in [0.717, 1.165) is 13.1 Å². The van der Waals surface area contributed by atoms with Crippen LogP contribution in [0.1, 0.15) is 19.8 Å². The third-order valence-electron chi connectivity index (χ3n) is 3.68. The van der Waals surface area contributed by atoms with Gasteiger partial charge in [0.2, 0.25) is 5.91 Å². The third kappa shape index (κ3) is 5.80. The molecule has 0 aliphatic carbocycles. The van der Waals surface area contributed by atoms with Gasteiger partial charge >= 0.3 is 0 Å². The number of nitrogens with one attached hydrogen (secondary N) is 2. The van der Waals surface area contributed by atoms with Crippen molar-refractivity contribution in [2.24, 2.45) is 5.92 Å². The zero-order valence-corrected chi connectivity index (χ0v) is 11.9. The molecule has 1 unspecified atom stereocenters. The van der Waals surface area contributed by atoms with E-state index in [1.54, 1.807) is 7.11 Å². The SMILES string of the molecule is COCCNC(=O)CNC(C)C1CCN(C)CC1. The van der Waals surface area contributed by atoms with Crippen molar-refractivity contribution >= 4 is 5.91 Å². The summed E-state index contributed by atoms with van der Waals surface area (Å²) in [7, 11) is 3.80. The summed E-state index contributed by atoms with van der Waals surface area (Å²) in [4.78, 5) is 13.9. The van der Waals surface area contributed by atoms with Crippen molar-refractivity contribution in [3.05, 3.63) is 0 Å². The maximum Gasteiger partial charge on any atom is 0.234 e. The minimum absolute atomic E-state index is 0.0480. The molecule has 0 saturated carbocycles. The zero-order chi connectivity index (χ0) is 13.4. The second kappa shape index (κ2) is 8.45. The molecule has 0 aromatic heterocycles. The van der Waals surface area contributed by atoms with Crippen molar-refractivity contribution in [2.75, 3.05) is 46.9 Å². The molecule has 1 atom stereocenters. The fourth-order valence-corrected chi connectivity index (χ4v) is 2.30. The molecule has 1 aliphatic rings. The average molecular weight is 257 g/mol. The maximum atomic E-state index is 11.5. The number of carbonyl (C=O) groups is 1. The van der Waals surface area contributed by atoms with Crippen LogP contribution in [0.25, 0.3) is 0 Å². The van der Waals surface area contributed by atoms with Crippen LogP contribution in [0.15, 0.2) is 0 Å². The van der Waals surface area contributed by atoms with E-state index in [-0.39, 0.29) is 5.91 Å². The van der Waals surface area contributed by atoms with E-state index in [2.05, 4.69) is 29.5 Å². The van der Waals surface area contributed by atoms with Crippen molar-refractivity contribution in [3.8, 4) is 0 Å². The quantitative estimate of drug-likeness (QED) is 0.634. The lowest BCUT2D eigenvalue weighted by Gasteiger charge is -2.33. The molecule has 1 amide bonds. The molecule has 0 aromatic rings. The highest BCUT2D eigenvalue weighted by Crippen LogP contribution is 2.19. The van der Waals surface area contributed by atoms with Gasteiger partial charge in [0.25, 0.3) is 0 Å². The molecule has 0 spiro atoms. The van der Waals surface area contributed by atoms with Crippen LogP contribution in [-0.2, 0) is 9.53 Å². The third-order valence-corrected chi connectivity index (χ3v) is 3.68. The Bertz CT molecular complexity index is 240. The van der Waals surface area contributed by atoms with Gasteiger partial charge in [0.15, 0.2) is 0 Å². The number of likely N-dealkylation sites (tertiary alicyclic amines) is 1. The average Bonchev–Trinajstić information content (AvgIpc) is 2.37. The summed E-state index contributed by atoms with van der Waals surface area (Å²) in [5.41, 5.74) is 0. The highest BCUT2D eigenvalue weighted by Gasteiger charge is 2.22. The molecule has 5 nitrogen and oxygen atoms in total. The van der Waals surface area contributed by atoms with Gasteiger partial charge in [-0.2, -0.15) is 0 Å². The van der Waals surface area contributed by atoms with Crippen molar-refractivity contribution in [1.82, 2.24) is 15.5 Å². The second-order valence-electron chi connectivity index (χ2n) is 5.15. The molecule has 5 heteroatoms. The Morgan fingerprint density at radius 3 is 2.72 bits per heavy atom. The molecule has 18 heavy (non-hydrogen) atoms. The molecule has 2 N–H and O–H groups in total. The molecule has 106 valence electrons. The summed E-state index contributed by atoms with van der Waals surface area (Å²) >= 11 is 0. The largest absolute Gasteiger partial charge is 0.383 e. The molecule has 1 aliphatic heterocycles. The van der Waals surface area contributed by atoms with Gasteiger partial charge in [-0.15, -0.1) is 0 Å². The van der Waals surface area contributed by atoms with Crippen LogP contribution in [0.3, 0.4) is 0 Å². The molecule has 0 radical (unpaired) electrons. The number of methoxy groups -OCH3 is 1. The van der Waals surface area contributed by atoms with Crippen LogP contribution in [0, 0.1) is 5.92 Å². The van der Waals surface area contributed by atoms with Gasteiger partial charge < -0.3 is 20.3 Å². The predicted octanol–water partition coefficient (Wildman–Crippen LogP) is 0.0689. The Kier molecular flexibility index (Phi) is 7.23. The van der Waals surface area contributed by atoms with Crippen LogP contribution >= 0.6 is 0 Å². The summed E-state index contributed by atoms with van der Waals surface area (Å²) in [5.74, 6) is 0.736. The van der Waals surface area contributed by atoms with Crippen molar-refractivity contribution < 1.29 is 9.53 Å². The molecule has 1 rings (SSSR count). The van der Waals surface area contributed by atoms with Crippen LogP contribution in [0.2, 0.25) is 0 Å². The summed E-state index contributed by atoms with van der Waals surface area (Å²) in [6.45, 7) is 6.05. The summed E-state index contributed by atoms with van der Waals surface area (Å²) in [6, 6.07) is 0.409. The molecule has 0 aromatic carbocycles. The van der Waals surface area contributed by atoms with E-state index in [1.165, 1.54) is 12.8 Å². The summed E-state index contributed by atoms with van der Waals surface area (Å²) in [6.07, 6.45) is 2.44. The molecule has 0 bridgehead atoms. The number of nitrogens with zero attached hydrogens (tertiary/aromatic N) is 1. The van der Waals surface area contributed by atoms with Crippen LogP contribution in [-0.4, -0.2) is 63.8 Å². The van der Waals surface area contributed by atoms with E-state index in [4.69, 9.17) is 4.74 Å². The Morgan fingerprint density at radius 1 is 1.44 bits per heavy atom. The Hall–Kier alpha value is -0.650. The van der Waals surface area contributed by atoms with E-state index in [1.807, 2.05) is 0 Å². The maximum absolute atomic E-state index is 11.5. The molecular formula is C13H27N3O2. The summed E-state index contributed by atoms with van der Waals surface area (Å²) in [5, 5.41) is 6.14. The number of piperidine rings is 1. The number of hydrogen-bond acceptors (Lipinski definition) is 4. The summed E-state index contributed by atoms with van der Waals surface area (Å²) < 4.78 is 4.88. The van der Waals surface area contributed by atoms with Crippen molar-refractivity contribution in [2.45, 2.75) is 25.8 Å². The fraction of sp³-hybridized carbons (Fsp3) is 0.923. The first kappa shape index (κ1) is 15.4. The first-order valence-corrected chi connectivity index (χ1v) is 6.81. The number of amides is 1. The first-order valence-electron chi connectivity index (χ1n) is 6.81. The van der Waals surface area contributed by atoms with Crippen molar-refractivity contribution in [3.63, 3.8) is 0 Å². The normalized spacial score (nSPS) is 19.7. The lowest BCUT2D eigenvalue weighted by Crippen LogP contribution is -2.44. The molecule has 1 fully saturated rings. The molecular weight excluding hydrogens is 230 g/mol. The van der Waals surface area contributed by atoms with Crippen molar-refractivity contribution in [1.29, 1.82) is 0 Å². The Balaban J connectivity index is 2.12. The Labute approximate surface area is 110 Å². The van der Waals surface area contributed by atoms with E-state index >= 15 is 0 Å². The number of hydrogen-bond donors (Lipinski definition) is 2. The van der Waals surface area contributed by atoms with Gasteiger partial charge in [-0.1, -0.05) is 0 Å². The topological polar surface area (TPSA) is 53.6 Å². The van der Waals surface area contributed by atoms with Gasteiger partial charge in [0.1, 0.15) is 0 Å². The number of ether oxygens (including phenoxy) is 1. The highest BCUT2D eigenvalue weighted by atomic mass is 16.5. The van der Waals surface area contributed by atoms with Gasteiger partial charge in [0.05, 0.1) is 13.2 Å². The first-order chi connectivity index (χ1) is 8.63. The van der Waals surface area contributed by atoms with Gasteiger partial charge in [-0.05, 0) is 45.8 Å². The van der Waals surface area contributed by atoms with Gasteiger partial charge in [-0.25, -0.2) is 0 Å². The molecule has 1 heterocycles. The standard InChI is InChI=1S/C13H27N3O2/c1-11(12-4-7-16(2)8-5-12)15-10-13(17)14-6-9-18-3/h11-12,15H,4-10H2,1-3H3,(H,14,17). The lowest BCUT2D eigenvalue weighted by molar-refractivity contribution is -0.120. The molecule has 1 saturated heterocycles. The van der Waals surface area contributed by atoms with E-state index in [9.17, 15) is 4.79 Å². The number of carbonyl (C=O) groups excluding carboxylic acids is 1. The predicted molar refractivity (Wildman–Crippen MR) is 72.6 cm³/mol. The Morgan fingerprint density at radius 2 is 2.11 bits per heavy atom. The van der Waals surface area contributed by atoms with Crippen LogP contribution < -0.4 is 10.6 Å². The van der Waals surface area contributed by atoms with E-state index in [0.29, 0.717) is 31.7 Å². The van der Waals surface area contributed by atoms with Gasteiger partial charge in [-0.3, -0.25) is 4.79 Å². The second-order valence-corrected chi connectivity index (χ2v) is 5.15. The highest BCUT2D eigenvalue weighted by molar-refractivity contribution is 5.77. The van der Waals surface area contributed by atoms with Crippen LogP contribution in [0.4, 0.5) is 0 Å². The minimum Gasteiger partial charge on any atom is -0.383 e. The minimum atomic E-state index is 0.0480. The monoisotopic (exact) mass is 257 g/mol. The fourth-order valence-electron chi connectivity index (χ4n) is 2.30. The number of rotatable bonds is 7. The lowest BCUT2D eigenvalue weighted by atomic mass is 9.90.